The molecule has 1 saturated heterocycles. The molecule has 1 fully saturated rings. The maximum atomic E-state index is 4.54. The van der Waals surface area contributed by atoms with Gasteiger partial charge in [-0.15, -0.1) is 5.10 Å². The van der Waals surface area contributed by atoms with Crippen molar-refractivity contribution in [2.45, 2.75) is 64.5 Å². The lowest BCUT2D eigenvalue weighted by Gasteiger charge is -2.33. The van der Waals surface area contributed by atoms with Gasteiger partial charge in [-0.2, -0.15) is 0 Å². The van der Waals surface area contributed by atoms with Gasteiger partial charge < -0.3 is 0 Å². The van der Waals surface area contributed by atoms with Gasteiger partial charge in [0, 0.05) is 11.6 Å². The van der Waals surface area contributed by atoms with Crippen molar-refractivity contribution in [2.24, 2.45) is 0 Å². The number of aromatic nitrogens is 5. The van der Waals surface area contributed by atoms with Crippen LogP contribution in [0.4, 0.5) is 0 Å². The molecule has 4 rings (SSSR count). The summed E-state index contributed by atoms with van der Waals surface area (Å²) in [5.74, 6) is 0.942. The number of rotatable bonds is 5. The van der Waals surface area contributed by atoms with E-state index in [1.54, 1.807) is 0 Å². The highest BCUT2D eigenvalue weighted by atomic mass is 15.6. The van der Waals surface area contributed by atoms with E-state index in [1.165, 1.54) is 31.2 Å². The van der Waals surface area contributed by atoms with Gasteiger partial charge in [-0.05, 0) is 80.4 Å². The highest BCUT2D eigenvalue weighted by Gasteiger charge is 2.32. The lowest BCUT2D eigenvalue weighted by Crippen LogP contribution is -2.36. The minimum absolute atomic E-state index is 0.0588. The third-order valence-electron chi connectivity index (χ3n) is 6.13. The molecule has 0 amide bonds. The van der Waals surface area contributed by atoms with Crippen LogP contribution in [0.15, 0.2) is 36.5 Å². The Bertz CT molecular complexity index is 923. The molecule has 0 spiro atoms. The molecule has 1 aromatic carbocycles. The molecule has 0 N–H and O–H groups in total. The zero-order valence-electron chi connectivity index (χ0n) is 17.2. The summed E-state index contributed by atoms with van der Waals surface area (Å²) in [6, 6.07) is 10.8. The molecule has 148 valence electrons. The fraction of sp³-hybridized carbons (Fsp3) is 0.545. The van der Waals surface area contributed by atoms with E-state index < -0.39 is 0 Å². The Labute approximate surface area is 167 Å². The monoisotopic (exact) mass is 378 g/mol. The van der Waals surface area contributed by atoms with Gasteiger partial charge in [0.2, 0.25) is 0 Å². The first-order valence-corrected chi connectivity index (χ1v) is 10.5. The molecule has 28 heavy (non-hydrogen) atoms. The molecule has 6 heteroatoms. The molecule has 1 unspecified atom stereocenters. The summed E-state index contributed by atoms with van der Waals surface area (Å²) in [6.07, 6.45) is 7.87. The van der Waals surface area contributed by atoms with Crippen molar-refractivity contribution in [1.29, 1.82) is 0 Å². The number of nitrogens with zero attached hydrogens (tertiary/aromatic N) is 6. The summed E-state index contributed by atoms with van der Waals surface area (Å²) in [5.41, 5.74) is 2.14. The largest absolute Gasteiger partial charge is 0.290 e. The van der Waals surface area contributed by atoms with Gasteiger partial charge >= 0.3 is 0 Å². The van der Waals surface area contributed by atoms with E-state index >= 15 is 0 Å². The van der Waals surface area contributed by atoms with Crippen LogP contribution in [0.25, 0.3) is 10.9 Å². The molecule has 2 aromatic heterocycles. The molecule has 0 aliphatic carbocycles. The van der Waals surface area contributed by atoms with E-state index in [4.69, 9.17) is 0 Å². The molecule has 1 aliphatic heterocycles. The molecular formula is C22H30N6. The van der Waals surface area contributed by atoms with Crippen LogP contribution in [-0.4, -0.2) is 43.2 Å². The Morgan fingerprint density at radius 1 is 1.07 bits per heavy atom. The van der Waals surface area contributed by atoms with E-state index in [0.29, 0.717) is 0 Å². The van der Waals surface area contributed by atoms with Crippen molar-refractivity contribution in [3.05, 3.63) is 47.9 Å². The van der Waals surface area contributed by atoms with Gasteiger partial charge in [-0.3, -0.25) is 9.88 Å². The van der Waals surface area contributed by atoms with E-state index in [0.717, 1.165) is 36.2 Å². The number of hydrogen-bond acceptors (Lipinski definition) is 5. The fourth-order valence-electron chi connectivity index (χ4n) is 4.09. The van der Waals surface area contributed by atoms with Crippen molar-refractivity contribution in [3.63, 3.8) is 0 Å². The smallest absolute Gasteiger partial charge is 0.173 e. The topological polar surface area (TPSA) is 59.7 Å². The van der Waals surface area contributed by atoms with Gasteiger partial charge in [0.15, 0.2) is 5.82 Å². The first-order chi connectivity index (χ1) is 13.6. The summed E-state index contributed by atoms with van der Waals surface area (Å²) < 4.78 is 2.04. The molecule has 3 heterocycles. The van der Waals surface area contributed by atoms with E-state index in [2.05, 4.69) is 70.4 Å². The summed E-state index contributed by atoms with van der Waals surface area (Å²) in [7, 11) is 0. The first-order valence-electron chi connectivity index (χ1n) is 10.5. The number of benzene rings is 1. The average molecular weight is 379 g/mol. The van der Waals surface area contributed by atoms with Crippen molar-refractivity contribution in [3.8, 4) is 0 Å². The molecule has 3 aromatic rings. The average Bonchev–Trinajstić information content (AvgIpc) is 3.05. The number of likely N-dealkylation sites (tertiary alicyclic amines) is 1. The van der Waals surface area contributed by atoms with Crippen molar-refractivity contribution >= 4 is 10.9 Å². The van der Waals surface area contributed by atoms with Crippen LogP contribution < -0.4 is 0 Å². The normalized spacial score (nSPS) is 17.5. The van der Waals surface area contributed by atoms with Gasteiger partial charge in [-0.25, -0.2) is 4.68 Å². The predicted octanol–water partition coefficient (Wildman–Crippen LogP) is 4.33. The molecule has 0 saturated carbocycles. The standard InChI is InChI=1S/C22H30N6/c1-4-22(2,3)28-21(24-25-26-28)20(27-14-7-5-6-8-15-27)18-11-12-19-17(16-18)10-9-13-23-19/h9-13,16,20H,4-8,14-15H2,1-3H3. The highest BCUT2D eigenvalue weighted by molar-refractivity contribution is 5.79. The second-order valence-electron chi connectivity index (χ2n) is 8.42. The minimum atomic E-state index is -0.124. The Balaban J connectivity index is 1.83. The molecule has 1 atom stereocenters. The second-order valence-corrected chi connectivity index (χ2v) is 8.42. The number of hydrogen-bond donors (Lipinski definition) is 0. The van der Waals surface area contributed by atoms with Crippen LogP contribution in [-0.2, 0) is 5.54 Å². The Kier molecular flexibility index (Phi) is 5.40. The fourth-order valence-corrected chi connectivity index (χ4v) is 4.09. The Hall–Kier alpha value is -2.34. The van der Waals surface area contributed by atoms with Gasteiger partial charge in [0.1, 0.15) is 0 Å². The van der Waals surface area contributed by atoms with E-state index in [-0.39, 0.29) is 11.6 Å². The van der Waals surface area contributed by atoms with Crippen LogP contribution in [0.1, 0.15) is 70.3 Å². The van der Waals surface area contributed by atoms with Crippen LogP contribution in [0, 0.1) is 0 Å². The highest BCUT2D eigenvalue weighted by Crippen LogP contribution is 2.33. The quantitative estimate of drug-likeness (QED) is 0.661. The van der Waals surface area contributed by atoms with Gasteiger partial charge in [-0.1, -0.05) is 31.9 Å². The molecular weight excluding hydrogens is 348 g/mol. The maximum Gasteiger partial charge on any atom is 0.173 e. The molecule has 6 nitrogen and oxygen atoms in total. The lowest BCUT2D eigenvalue weighted by atomic mass is 9.98. The second kappa shape index (κ2) is 7.95. The van der Waals surface area contributed by atoms with Crippen LogP contribution in [0.2, 0.25) is 0 Å². The van der Waals surface area contributed by atoms with Crippen LogP contribution in [0.3, 0.4) is 0 Å². The van der Waals surface area contributed by atoms with E-state index in [1.807, 2.05) is 16.9 Å². The molecule has 1 aliphatic rings. The number of fused-ring (bicyclic) bond motifs is 1. The number of tetrazole rings is 1. The Morgan fingerprint density at radius 3 is 2.61 bits per heavy atom. The van der Waals surface area contributed by atoms with Crippen LogP contribution in [0.5, 0.6) is 0 Å². The predicted molar refractivity (Wildman–Crippen MR) is 111 cm³/mol. The third kappa shape index (κ3) is 3.65. The van der Waals surface area contributed by atoms with Crippen molar-refractivity contribution in [2.75, 3.05) is 13.1 Å². The Morgan fingerprint density at radius 2 is 1.86 bits per heavy atom. The zero-order valence-corrected chi connectivity index (χ0v) is 17.2. The first kappa shape index (κ1) is 19.0. The lowest BCUT2D eigenvalue weighted by molar-refractivity contribution is 0.203. The van der Waals surface area contributed by atoms with Gasteiger partial charge in [0.05, 0.1) is 17.1 Å². The summed E-state index contributed by atoms with van der Waals surface area (Å²) in [4.78, 5) is 7.05. The molecule has 0 bridgehead atoms. The van der Waals surface area contributed by atoms with Gasteiger partial charge in [0.25, 0.3) is 0 Å². The van der Waals surface area contributed by atoms with Crippen molar-refractivity contribution < 1.29 is 0 Å². The SMILES string of the molecule is CCC(C)(C)n1nnnc1C(c1ccc2ncccc2c1)N1CCCCCC1. The van der Waals surface area contributed by atoms with Crippen LogP contribution >= 0.6 is 0 Å². The summed E-state index contributed by atoms with van der Waals surface area (Å²) >= 11 is 0. The van der Waals surface area contributed by atoms with Crippen molar-refractivity contribution in [1.82, 2.24) is 30.1 Å². The number of pyridine rings is 1. The maximum absolute atomic E-state index is 4.54. The minimum Gasteiger partial charge on any atom is -0.290 e. The summed E-state index contributed by atoms with van der Waals surface area (Å²) in [5, 5.41) is 14.2. The molecule has 0 radical (unpaired) electrons. The van der Waals surface area contributed by atoms with E-state index in [9.17, 15) is 0 Å². The zero-order chi connectivity index (χ0) is 19.6. The summed E-state index contributed by atoms with van der Waals surface area (Å²) in [6.45, 7) is 8.76. The third-order valence-corrected chi connectivity index (χ3v) is 6.13.